The average molecular weight is 564 g/mol. The van der Waals surface area contributed by atoms with Gasteiger partial charge in [-0.2, -0.15) is 0 Å². The monoisotopic (exact) mass is 563 g/mol. The van der Waals surface area contributed by atoms with Crippen molar-refractivity contribution < 1.29 is 0 Å². The van der Waals surface area contributed by atoms with Gasteiger partial charge < -0.3 is 4.57 Å². The first-order chi connectivity index (χ1) is 20.3. The second-order valence-electron chi connectivity index (χ2n) is 9.63. The molecule has 41 heavy (non-hydrogen) atoms. The Bertz CT molecular complexity index is 2010. The number of fused-ring (bicyclic) bond motifs is 3. The standard InChI is InChI=1S/C34H21N5S2/c1-2-6-24(7-3-1)39-31-20-22(27-8-4-10-29(37-27)33-35-16-18-40-33)12-14-25(31)26-15-13-23(21-32(26)39)28-9-5-11-30(38-28)34-36-17-19-41-34/h1-21H. The average Bonchev–Trinajstić information content (AvgIpc) is 3.82. The summed E-state index contributed by atoms with van der Waals surface area (Å²) in [5.41, 5.74) is 9.12. The third-order valence-electron chi connectivity index (χ3n) is 7.17. The van der Waals surface area contributed by atoms with Gasteiger partial charge in [0, 0.05) is 50.7 Å². The van der Waals surface area contributed by atoms with E-state index in [4.69, 9.17) is 9.97 Å². The molecule has 0 amide bonds. The Morgan fingerprint density at radius 1 is 0.488 bits per heavy atom. The van der Waals surface area contributed by atoms with Crippen molar-refractivity contribution in [3.63, 3.8) is 0 Å². The van der Waals surface area contributed by atoms with Crippen molar-refractivity contribution in [1.29, 1.82) is 0 Å². The molecular weight excluding hydrogens is 543 g/mol. The maximum absolute atomic E-state index is 4.96. The molecule has 3 aromatic carbocycles. The Balaban J connectivity index is 1.32. The molecule has 194 valence electrons. The van der Waals surface area contributed by atoms with Crippen molar-refractivity contribution in [2.45, 2.75) is 0 Å². The highest BCUT2D eigenvalue weighted by Gasteiger charge is 2.16. The summed E-state index contributed by atoms with van der Waals surface area (Å²) < 4.78 is 2.34. The summed E-state index contributed by atoms with van der Waals surface area (Å²) in [6.07, 6.45) is 3.63. The first kappa shape index (κ1) is 23.9. The van der Waals surface area contributed by atoms with Gasteiger partial charge in [-0.05, 0) is 48.5 Å². The minimum Gasteiger partial charge on any atom is -0.309 e. The number of nitrogens with zero attached hydrogens (tertiary/aromatic N) is 5. The zero-order valence-corrected chi connectivity index (χ0v) is 23.3. The van der Waals surface area contributed by atoms with E-state index in [2.05, 4.69) is 106 Å². The summed E-state index contributed by atoms with van der Waals surface area (Å²) in [4.78, 5) is 18.8. The van der Waals surface area contributed by atoms with E-state index in [9.17, 15) is 0 Å². The van der Waals surface area contributed by atoms with Crippen LogP contribution < -0.4 is 0 Å². The van der Waals surface area contributed by atoms with E-state index in [1.165, 1.54) is 10.8 Å². The Morgan fingerprint density at radius 2 is 1.00 bits per heavy atom. The van der Waals surface area contributed by atoms with Crippen molar-refractivity contribution >= 4 is 44.5 Å². The van der Waals surface area contributed by atoms with E-state index in [-0.39, 0.29) is 0 Å². The highest BCUT2D eigenvalue weighted by molar-refractivity contribution is 7.13. The minimum atomic E-state index is 0.887. The van der Waals surface area contributed by atoms with Gasteiger partial charge in [0.05, 0.1) is 33.8 Å². The normalized spacial score (nSPS) is 11.4. The third kappa shape index (κ3) is 4.23. The van der Waals surface area contributed by atoms with Crippen LogP contribution in [0.1, 0.15) is 0 Å². The predicted octanol–water partition coefficient (Wildman–Crippen LogP) is 9.15. The maximum atomic E-state index is 4.96. The van der Waals surface area contributed by atoms with Gasteiger partial charge in [0.15, 0.2) is 0 Å². The molecule has 5 nitrogen and oxygen atoms in total. The summed E-state index contributed by atoms with van der Waals surface area (Å²) in [5.74, 6) is 0. The zero-order chi connectivity index (χ0) is 27.2. The number of para-hydroxylation sites is 1. The van der Waals surface area contributed by atoms with Gasteiger partial charge in [0.2, 0.25) is 0 Å². The van der Waals surface area contributed by atoms with Crippen molar-refractivity contribution in [3.8, 4) is 49.6 Å². The zero-order valence-electron chi connectivity index (χ0n) is 21.7. The van der Waals surface area contributed by atoms with Gasteiger partial charge >= 0.3 is 0 Å². The molecule has 0 bridgehead atoms. The number of hydrogen-bond donors (Lipinski definition) is 0. The molecule has 8 rings (SSSR count). The smallest absolute Gasteiger partial charge is 0.141 e. The maximum Gasteiger partial charge on any atom is 0.141 e. The molecule has 7 heteroatoms. The van der Waals surface area contributed by atoms with Gasteiger partial charge in [0.25, 0.3) is 0 Å². The SMILES string of the molecule is c1ccc(-n2c3cc(-c4cccc(-c5nccs5)n4)ccc3c3ccc(-c4cccc(-c5nccs5)n4)cc32)cc1. The predicted molar refractivity (Wildman–Crippen MR) is 169 cm³/mol. The van der Waals surface area contributed by atoms with Gasteiger partial charge in [0.1, 0.15) is 10.0 Å². The largest absolute Gasteiger partial charge is 0.309 e. The molecule has 0 spiro atoms. The number of pyridine rings is 2. The van der Waals surface area contributed by atoms with E-state index in [0.29, 0.717) is 0 Å². The van der Waals surface area contributed by atoms with Crippen LogP contribution in [0, 0.1) is 0 Å². The van der Waals surface area contributed by atoms with Crippen LogP contribution in [0.4, 0.5) is 0 Å². The molecule has 0 atom stereocenters. The Kier molecular flexibility index (Phi) is 5.76. The van der Waals surface area contributed by atoms with E-state index >= 15 is 0 Å². The minimum absolute atomic E-state index is 0.887. The molecule has 0 aliphatic carbocycles. The van der Waals surface area contributed by atoms with Crippen molar-refractivity contribution in [2.75, 3.05) is 0 Å². The van der Waals surface area contributed by atoms with Crippen LogP contribution in [-0.2, 0) is 0 Å². The molecule has 0 saturated carbocycles. The lowest BCUT2D eigenvalue weighted by molar-refractivity contribution is 1.18. The quantitative estimate of drug-likeness (QED) is 0.209. The van der Waals surface area contributed by atoms with Gasteiger partial charge in [-0.15, -0.1) is 22.7 Å². The third-order valence-corrected chi connectivity index (χ3v) is 8.77. The number of aromatic nitrogens is 5. The first-order valence-corrected chi connectivity index (χ1v) is 15.0. The van der Waals surface area contributed by atoms with Crippen LogP contribution in [0.3, 0.4) is 0 Å². The van der Waals surface area contributed by atoms with E-state index in [0.717, 1.165) is 60.6 Å². The van der Waals surface area contributed by atoms with Crippen LogP contribution in [0.25, 0.3) is 71.4 Å². The number of thiazole rings is 2. The van der Waals surface area contributed by atoms with Crippen molar-refractivity contribution in [2.24, 2.45) is 0 Å². The van der Waals surface area contributed by atoms with Crippen LogP contribution in [0.5, 0.6) is 0 Å². The van der Waals surface area contributed by atoms with Gasteiger partial charge in [-0.3, -0.25) is 0 Å². The van der Waals surface area contributed by atoms with Crippen molar-refractivity contribution in [1.82, 2.24) is 24.5 Å². The fourth-order valence-corrected chi connectivity index (χ4v) is 6.54. The fourth-order valence-electron chi connectivity index (χ4n) is 5.32. The topological polar surface area (TPSA) is 56.5 Å². The van der Waals surface area contributed by atoms with Crippen LogP contribution in [0.15, 0.2) is 126 Å². The lowest BCUT2D eigenvalue weighted by Crippen LogP contribution is -1.94. The highest BCUT2D eigenvalue weighted by atomic mass is 32.1. The first-order valence-electron chi connectivity index (χ1n) is 13.2. The number of rotatable bonds is 5. The Labute approximate surface area is 244 Å². The lowest BCUT2D eigenvalue weighted by atomic mass is 10.0. The molecule has 0 radical (unpaired) electrons. The van der Waals surface area contributed by atoms with Gasteiger partial charge in [-0.1, -0.05) is 54.6 Å². The molecular formula is C34H21N5S2. The molecule has 0 unspecified atom stereocenters. The van der Waals surface area contributed by atoms with Gasteiger partial charge in [-0.25, -0.2) is 19.9 Å². The molecule has 0 aliphatic rings. The van der Waals surface area contributed by atoms with Crippen LogP contribution in [0.2, 0.25) is 0 Å². The van der Waals surface area contributed by atoms with E-state index in [1.807, 2.05) is 35.3 Å². The lowest BCUT2D eigenvalue weighted by Gasteiger charge is -2.10. The number of benzene rings is 3. The molecule has 5 heterocycles. The molecule has 8 aromatic rings. The van der Waals surface area contributed by atoms with E-state index in [1.54, 1.807) is 22.7 Å². The number of hydrogen-bond acceptors (Lipinski definition) is 6. The molecule has 0 saturated heterocycles. The summed E-state index contributed by atoms with van der Waals surface area (Å²) in [5, 5.41) is 8.19. The molecule has 5 aromatic heterocycles. The molecule has 0 N–H and O–H groups in total. The second kappa shape index (κ2) is 9.89. The van der Waals surface area contributed by atoms with E-state index < -0.39 is 0 Å². The summed E-state index contributed by atoms with van der Waals surface area (Å²) >= 11 is 3.20. The summed E-state index contributed by atoms with van der Waals surface area (Å²) in [6, 6.07) is 36.0. The summed E-state index contributed by atoms with van der Waals surface area (Å²) in [7, 11) is 0. The Hall–Kier alpha value is -4.98. The van der Waals surface area contributed by atoms with Crippen molar-refractivity contribution in [3.05, 3.63) is 126 Å². The highest BCUT2D eigenvalue weighted by Crippen LogP contribution is 2.37. The summed E-state index contributed by atoms with van der Waals surface area (Å²) in [6.45, 7) is 0. The molecule has 0 aliphatic heterocycles. The van der Waals surface area contributed by atoms with Crippen LogP contribution in [-0.4, -0.2) is 24.5 Å². The van der Waals surface area contributed by atoms with Crippen LogP contribution >= 0.6 is 22.7 Å². The Morgan fingerprint density at radius 3 is 1.49 bits per heavy atom. The molecule has 0 fully saturated rings. The fraction of sp³-hybridized carbons (Fsp3) is 0. The second-order valence-corrected chi connectivity index (χ2v) is 11.4.